The molecule has 0 saturated heterocycles. The fraction of sp³-hybridized carbons (Fsp3) is 1.00. The van der Waals surface area contributed by atoms with Gasteiger partial charge < -0.3 is 30.7 Å². The van der Waals surface area contributed by atoms with Crippen molar-refractivity contribution in [2.45, 2.75) is 52.4 Å². The zero-order valence-corrected chi connectivity index (χ0v) is 21.8. The molecule has 0 aliphatic rings. The summed E-state index contributed by atoms with van der Waals surface area (Å²) < 4.78 is 35.9. The lowest BCUT2D eigenvalue weighted by molar-refractivity contribution is 0.113. The van der Waals surface area contributed by atoms with Crippen LogP contribution in [0.4, 0.5) is 0 Å². The molecule has 0 aromatic rings. The third-order valence-electron chi connectivity index (χ3n) is 2.89. The molecule has 0 aliphatic carbocycles. The highest BCUT2D eigenvalue weighted by Crippen LogP contribution is 2.25. The molecular formula is C12H35O7Si5. The molecule has 1 N–H and O–H groups in total. The molecule has 0 bridgehead atoms. The molecule has 12 heteroatoms. The first-order valence-corrected chi connectivity index (χ1v) is 20.7. The third-order valence-corrected chi connectivity index (χ3v) is 18.5. The SMILES string of the molecule is CO[Si](C)(C)O[Si@@](C)(O[SiH]C)O[Si](C)(C)O[Si](C)(C)COCCO. The molecule has 24 heavy (non-hydrogen) atoms. The minimum Gasteiger partial charge on any atom is -0.435 e. The van der Waals surface area contributed by atoms with Crippen LogP contribution in [0.3, 0.4) is 0 Å². The second-order valence-corrected chi connectivity index (χ2v) is 22.5. The summed E-state index contributed by atoms with van der Waals surface area (Å²) in [5.41, 5.74) is 0. The van der Waals surface area contributed by atoms with E-state index in [1.54, 1.807) is 7.11 Å². The highest BCUT2D eigenvalue weighted by molar-refractivity contribution is 6.88. The lowest BCUT2D eigenvalue weighted by atomic mass is 10.8. The van der Waals surface area contributed by atoms with Crippen LogP contribution in [0.25, 0.3) is 0 Å². The summed E-state index contributed by atoms with van der Waals surface area (Å²) in [6.07, 6.45) is 0.519. The Kier molecular flexibility index (Phi) is 10.6. The lowest BCUT2D eigenvalue weighted by Crippen LogP contribution is -2.60. The van der Waals surface area contributed by atoms with E-state index in [4.69, 9.17) is 30.7 Å². The fourth-order valence-corrected chi connectivity index (χ4v) is 20.0. The summed E-state index contributed by atoms with van der Waals surface area (Å²) in [6.45, 7) is 16.4. The molecule has 7 nitrogen and oxygen atoms in total. The number of aliphatic hydroxyl groups is 1. The van der Waals surface area contributed by atoms with Gasteiger partial charge in [0.2, 0.25) is 8.32 Å². The molecule has 145 valence electrons. The zero-order valence-electron chi connectivity index (χ0n) is 16.6. The fourth-order valence-electron chi connectivity index (χ4n) is 2.32. The number of rotatable bonds is 13. The van der Waals surface area contributed by atoms with Crippen LogP contribution < -0.4 is 0 Å². The van der Waals surface area contributed by atoms with Crippen molar-refractivity contribution in [2.75, 3.05) is 26.6 Å². The van der Waals surface area contributed by atoms with Gasteiger partial charge in [0, 0.05) is 13.7 Å². The predicted molar refractivity (Wildman–Crippen MR) is 106 cm³/mol. The number of ether oxygens (including phenoxy) is 1. The summed E-state index contributed by atoms with van der Waals surface area (Å²) in [7, 11) is -8.20. The van der Waals surface area contributed by atoms with Gasteiger partial charge in [-0.25, -0.2) is 0 Å². The van der Waals surface area contributed by atoms with Gasteiger partial charge >= 0.3 is 25.9 Å². The topological polar surface area (TPSA) is 75.6 Å². The first-order chi connectivity index (χ1) is 10.8. The van der Waals surface area contributed by atoms with Crippen LogP contribution in [-0.4, -0.2) is 75.7 Å². The quantitative estimate of drug-likeness (QED) is 0.352. The van der Waals surface area contributed by atoms with E-state index >= 15 is 0 Å². The molecule has 0 unspecified atom stereocenters. The summed E-state index contributed by atoms with van der Waals surface area (Å²) in [4.78, 5) is 0. The number of hydrogen-bond acceptors (Lipinski definition) is 7. The van der Waals surface area contributed by atoms with E-state index in [0.29, 0.717) is 12.8 Å². The highest BCUT2D eigenvalue weighted by Gasteiger charge is 2.48. The summed E-state index contributed by atoms with van der Waals surface area (Å²) in [6, 6.07) is 0. The van der Waals surface area contributed by atoms with Crippen LogP contribution in [0, 0.1) is 0 Å². The van der Waals surface area contributed by atoms with Gasteiger partial charge in [-0.05, 0) is 45.8 Å². The van der Waals surface area contributed by atoms with Crippen LogP contribution in [0.2, 0.25) is 52.4 Å². The van der Waals surface area contributed by atoms with Crippen molar-refractivity contribution in [1.29, 1.82) is 0 Å². The van der Waals surface area contributed by atoms with Crippen LogP contribution >= 0.6 is 0 Å². The van der Waals surface area contributed by atoms with E-state index in [2.05, 4.69) is 13.1 Å². The smallest absolute Gasteiger partial charge is 0.435 e. The highest BCUT2D eigenvalue weighted by atomic mass is 28.5. The van der Waals surface area contributed by atoms with Crippen molar-refractivity contribution in [3.05, 3.63) is 0 Å². The molecule has 0 spiro atoms. The van der Waals surface area contributed by atoms with Crippen molar-refractivity contribution >= 4 is 44.0 Å². The van der Waals surface area contributed by atoms with E-state index in [-0.39, 0.29) is 16.4 Å². The molecule has 1 radical (unpaired) electrons. The normalized spacial score (nSPS) is 16.2. The molecule has 0 saturated carbocycles. The molecule has 1 atom stereocenters. The summed E-state index contributed by atoms with van der Waals surface area (Å²) >= 11 is 0. The third kappa shape index (κ3) is 10.7. The van der Waals surface area contributed by atoms with Crippen LogP contribution in [0.5, 0.6) is 0 Å². The van der Waals surface area contributed by atoms with Gasteiger partial charge in [0.05, 0.1) is 19.4 Å². The molecule has 0 aromatic heterocycles. The Hall–Kier alpha value is 0.804. The monoisotopic (exact) mass is 431 g/mol. The van der Waals surface area contributed by atoms with Gasteiger partial charge in [-0.1, -0.05) is 0 Å². The summed E-state index contributed by atoms with van der Waals surface area (Å²) in [5, 5.41) is 8.84. The maximum absolute atomic E-state index is 8.84. The molecule has 0 aromatic carbocycles. The van der Waals surface area contributed by atoms with Gasteiger partial charge in [-0.15, -0.1) is 0 Å². The minimum absolute atomic E-state index is 0.0183. The van der Waals surface area contributed by atoms with E-state index < -0.39 is 34.2 Å². The number of hydrogen-bond donors (Lipinski definition) is 1. The van der Waals surface area contributed by atoms with Crippen LogP contribution in [-0.2, 0) is 25.6 Å². The Morgan fingerprint density at radius 2 is 1.42 bits per heavy atom. The first-order valence-electron chi connectivity index (χ1n) is 8.10. The van der Waals surface area contributed by atoms with Gasteiger partial charge in [-0.2, -0.15) is 0 Å². The van der Waals surface area contributed by atoms with Crippen molar-refractivity contribution in [3.63, 3.8) is 0 Å². The van der Waals surface area contributed by atoms with E-state index in [9.17, 15) is 0 Å². The van der Waals surface area contributed by atoms with E-state index in [1.165, 1.54) is 0 Å². The lowest BCUT2D eigenvalue weighted by Gasteiger charge is -2.40. The minimum atomic E-state index is -2.83. The molecule has 0 rings (SSSR count). The zero-order chi connectivity index (χ0) is 19.1. The molecular weight excluding hydrogens is 397 g/mol. The molecule has 0 fully saturated rings. The van der Waals surface area contributed by atoms with Crippen molar-refractivity contribution < 1.29 is 30.7 Å². The summed E-state index contributed by atoms with van der Waals surface area (Å²) in [5.74, 6) is 0. The van der Waals surface area contributed by atoms with Crippen LogP contribution in [0.1, 0.15) is 0 Å². The predicted octanol–water partition coefficient (Wildman–Crippen LogP) is 1.82. The second-order valence-electron chi connectivity index (χ2n) is 7.06. The average Bonchev–Trinajstić information content (AvgIpc) is 2.35. The second kappa shape index (κ2) is 10.2. The molecule has 0 amide bonds. The first kappa shape index (κ1) is 24.8. The van der Waals surface area contributed by atoms with E-state index in [0.717, 1.165) is 0 Å². The van der Waals surface area contributed by atoms with Crippen molar-refractivity contribution in [1.82, 2.24) is 0 Å². The van der Waals surface area contributed by atoms with Crippen molar-refractivity contribution in [3.8, 4) is 0 Å². The van der Waals surface area contributed by atoms with Gasteiger partial charge in [0.15, 0.2) is 9.76 Å². The Labute approximate surface area is 153 Å². The maximum Gasteiger partial charge on any atom is 0.469 e. The van der Waals surface area contributed by atoms with Gasteiger partial charge in [0.1, 0.15) is 0 Å². The number of aliphatic hydroxyl groups excluding tert-OH is 1. The average molecular weight is 432 g/mol. The molecule has 0 heterocycles. The molecule has 0 aliphatic heterocycles. The standard InChI is InChI=1S/C12H35O7Si5/c1-14-22(5,6)18-24(9,16-20-2)19-23(7,8)17-21(3,4)12-15-11-10-13/h13,20H,10-12H2,1-9H3/t24-/m1/s1. The Morgan fingerprint density at radius 3 is 1.88 bits per heavy atom. The Balaban J connectivity index is 4.97. The van der Waals surface area contributed by atoms with Crippen molar-refractivity contribution in [2.24, 2.45) is 0 Å². The van der Waals surface area contributed by atoms with Crippen LogP contribution in [0.15, 0.2) is 0 Å². The van der Waals surface area contributed by atoms with Gasteiger partial charge in [-0.3, -0.25) is 0 Å². The van der Waals surface area contributed by atoms with Gasteiger partial charge in [0.25, 0.3) is 0 Å². The maximum atomic E-state index is 8.84. The Bertz CT molecular complexity index is 370. The van der Waals surface area contributed by atoms with E-state index in [1.807, 2.05) is 39.3 Å². The Morgan fingerprint density at radius 1 is 0.875 bits per heavy atom. The largest absolute Gasteiger partial charge is 0.469 e.